The van der Waals surface area contributed by atoms with E-state index in [-0.39, 0.29) is 36.9 Å². The van der Waals surface area contributed by atoms with Crippen molar-refractivity contribution in [2.24, 2.45) is 11.8 Å². The van der Waals surface area contributed by atoms with Gasteiger partial charge in [-0.15, -0.1) is 0 Å². The number of hydrogen-bond donors (Lipinski definition) is 2. The number of anilines is 1. The average molecular weight is 389 g/mol. The number of hydrogen-bond acceptors (Lipinski definition) is 5. The van der Waals surface area contributed by atoms with Gasteiger partial charge in [0.2, 0.25) is 5.91 Å². The van der Waals surface area contributed by atoms with Gasteiger partial charge >= 0.3 is 0 Å². The summed E-state index contributed by atoms with van der Waals surface area (Å²) in [6.07, 6.45) is 1.46. The van der Waals surface area contributed by atoms with Crippen LogP contribution in [0.25, 0.3) is 0 Å². The van der Waals surface area contributed by atoms with E-state index >= 15 is 0 Å². The largest absolute Gasteiger partial charge is 0.396 e. The Kier molecular flexibility index (Phi) is 7.04. The Morgan fingerprint density at radius 2 is 1.89 bits per heavy atom. The zero-order chi connectivity index (χ0) is 20.1. The van der Waals surface area contributed by atoms with Crippen LogP contribution in [0.1, 0.15) is 30.1 Å². The molecule has 2 aliphatic heterocycles. The third kappa shape index (κ3) is 4.54. The monoisotopic (exact) mass is 389 g/mol. The van der Waals surface area contributed by atoms with Crippen LogP contribution >= 0.6 is 0 Å². The molecule has 0 aliphatic carbocycles. The fourth-order valence-corrected chi connectivity index (χ4v) is 4.26. The Bertz CT molecular complexity index is 679. The van der Waals surface area contributed by atoms with E-state index in [0.717, 1.165) is 31.7 Å². The van der Waals surface area contributed by atoms with E-state index in [9.17, 15) is 19.8 Å². The third-order valence-electron chi connectivity index (χ3n) is 5.95. The number of aliphatic hydroxyl groups excluding tert-OH is 2. The van der Waals surface area contributed by atoms with Gasteiger partial charge in [-0.2, -0.15) is 0 Å². The highest BCUT2D eigenvalue weighted by Crippen LogP contribution is 2.27. The predicted octanol–water partition coefficient (Wildman–Crippen LogP) is 0.808. The quantitative estimate of drug-likeness (QED) is 0.687. The molecule has 2 atom stereocenters. The second-order valence-electron chi connectivity index (χ2n) is 7.73. The van der Waals surface area contributed by atoms with Crippen molar-refractivity contribution >= 4 is 17.5 Å². The standard InChI is InChI=1S/C21H31N3O4/c1-2-22(10-11-25)12-17-13-23(14-18(17)15-26)21(28)16-5-7-19(8-6-16)24-9-3-4-20(24)27/h5-8,17-18,25-26H,2-4,9-15H2,1H3/t17-,18-/m1/s1. The van der Waals surface area contributed by atoms with E-state index in [1.165, 1.54) is 0 Å². The molecule has 2 fully saturated rings. The van der Waals surface area contributed by atoms with Gasteiger partial charge in [0.05, 0.1) is 6.61 Å². The minimum absolute atomic E-state index is 0.0366. The first-order chi connectivity index (χ1) is 13.6. The molecule has 1 aromatic rings. The number of carbonyl (C=O) groups excluding carboxylic acids is 2. The van der Waals surface area contributed by atoms with Crippen LogP contribution in [0.3, 0.4) is 0 Å². The van der Waals surface area contributed by atoms with Crippen molar-refractivity contribution in [3.8, 4) is 0 Å². The smallest absolute Gasteiger partial charge is 0.253 e. The Morgan fingerprint density at radius 1 is 1.18 bits per heavy atom. The topological polar surface area (TPSA) is 84.3 Å². The van der Waals surface area contributed by atoms with Crippen molar-refractivity contribution in [1.82, 2.24) is 9.80 Å². The van der Waals surface area contributed by atoms with Crippen molar-refractivity contribution in [1.29, 1.82) is 0 Å². The summed E-state index contributed by atoms with van der Waals surface area (Å²) in [6.45, 7) is 6.31. The van der Waals surface area contributed by atoms with Gasteiger partial charge in [-0.25, -0.2) is 0 Å². The Labute approximate surface area is 166 Å². The van der Waals surface area contributed by atoms with Gasteiger partial charge in [-0.05, 0) is 43.1 Å². The lowest BCUT2D eigenvalue weighted by Gasteiger charge is -2.25. The zero-order valence-electron chi connectivity index (χ0n) is 16.6. The van der Waals surface area contributed by atoms with Crippen LogP contribution in [0.5, 0.6) is 0 Å². The van der Waals surface area contributed by atoms with Crippen LogP contribution in [-0.4, -0.2) is 84.3 Å². The number of rotatable bonds is 8. The summed E-state index contributed by atoms with van der Waals surface area (Å²) in [6, 6.07) is 7.25. The van der Waals surface area contributed by atoms with Gasteiger partial charge in [0.15, 0.2) is 0 Å². The molecule has 0 saturated carbocycles. The summed E-state index contributed by atoms with van der Waals surface area (Å²) in [5, 5.41) is 19.0. The van der Waals surface area contributed by atoms with Crippen LogP contribution in [0.2, 0.25) is 0 Å². The Morgan fingerprint density at radius 3 is 2.46 bits per heavy atom. The van der Waals surface area contributed by atoms with Gasteiger partial charge in [-0.1, -0.05) is 6.92 Å². The molecule has 154 valence electrons. The van der Waals surface area contributed by atoms with Gasteiger partial charge in [0.1, 0.15) is 0 Å². The first-order valence-corrected chi connectivity index (χ1v) is 10.2. The minimum Gasteiger partial charge on any atom is -0.396 e. The molecule has 0 bridgehead atoms. The van der Waals surface area contributed by atoms with Gasteiger partial charge < -0.3 is 24.9 Å². The maximum Gasteiger partial charge on any atom is 0.253 e. The number of likely N-dealkylation sites (N-methyl/N-ethyl adjacent to an activating group) is 1. The van der Waals surface area contributed by atoms with Gasteiger partial charge in [0.25, 0.3) is 5.91 Å². The lowest BCUT2D eigenvalue weighted by molar-refractivity contribution is -0.117. The van der Waals surface area contributed by atoms with Gasteiger partial charge in [0, 0.05) is 62.9 Å². The molecule has 7 nitrogen and oxygen atoms in total. The van der Waals surface area contributed by atoms with E-state index in [2.05, 4.69) is 4.90 Å². The SMILES string of the molecule is CCN(CCO)C[C@@H]1CN(C(=O)c2ccc(N3CCCC3=O)cc2)C[C@@H]1CO. The van der Waals surface area contributed by atoms with E-state index in [4.69, 9.17) is 0 Å². The summed E-state index contributed by atoms with van der Waals surface area (Å²) in [4.78, 5) is 30.6. The fourth-order valence-electron chi connectivity index (χ4n) is 4.26. The molecule has 0 unspecified atom stereocenters. The maximum absolute atomic E-state index is 12.9. The number of amides is 2. The summed E-state index contributed by atoms with van der Waals surface area (Å²) in [7, 11) is 0. The average Bonchev–Trinajstić information content (AvgIpc) is 3.33. The fraction of sp³-hybridized carbons (Fsp3) is 0.619. The van der Waals surface area contributed by atoms with Crippen LogP contribution in [0.15, 0.2) is 24.3 Å². The highest BCUT2D eigenvalue weighted by Gasteiger charge is 2.36. The van der Waals surface area contributed by atoms with E-state index in [1.807, 2.05) is 24.0 Å². The van der Waals surface area contributed by atoms with Crippen LogP contribution in [0, 0.1) is 11.8 Å². The van der Waals surface area contributed by atoms with Crippen LogP contribution in [-0.2, 0) is 4.79 Å². The van der Waals surface area contributed by atoms with Crippen LogP contribution in [0.4, 0.5) is 5.69 Å². The number of benzene rings is 1. The van der Waals surface area contributed by atoms with E-state index in [1.54, 1.807) is 17.0 Å². The highest BCUT2D eigenvalue weighted by molar-refractivity contribution is 5.97. The summed E-state index contributed by atoms with van der Waals surface area (Å²) in [5.41, 5.74) is 1.45. The lowest BCUT2D eigenvalue weighted by Crippen LogP contribution is -2.36. The maximum atomic E-state index is 12.9. The highest BCUT2D eigenvalue weighted by atomic mass is 16.3. The van der Waals surface area contributed by atoms with Crippen molar-refractivity contribution in [2.45, 2.75) is 19.8 Å². The van der Waals surface area contributed by atoms with Crippen molar-refractivity contribution < 1.29 is 19.8 Å². The molecule has 0 aromatic heterocycles. The molecule has 0 radical (unpaired) electrons. The van der Waals surface area contributed by atoms with Gasteiger partial charge in [-0.3, -0.25) is 9.59 Å². The molecular formula is C21H31N3O4. The lowest BCUT2D eigenvalue weighted by atomic mass is 9.96. The summed E-state index contributed by atoms with van der Waals surface area (Å²) < 4.78 is 0. The van der Waals surface area contributed by atoms with Crippen molar-refractivity contribution in [2.75, 3.05) is 57.4 Å². The predicted molar refractivity (Wildman–Crippen MR) is 107 cm³/mol. The molecule has 1 aromatic carbocycles. The molecular weight excluding hydrogens is 358 g/mol. The van der Waals surface area contributed by atoms with Crippen LogP contribution < -0.4 is 4.90 Å². The second-order valence-corrected chi connectivity index (χ2v) is 7.73. The molecule has 3 rings (SSSR count). The number of nitrogens with zero attached hydrogens (tertiary/aromatic N) is 3. The molecule has 2 heterocycles. The van der Waals surface area contributed by atoms with E-state index < -0.39 is 0 Å². The summed E-state index contributed by atoms with van der Waals surface area (Å²) >= 11 is 0. The molecule has 28 heavy (non-hydrogen) atoms. The van der Waals surface area contributed by atoms with Crippen molar-refractivity contribution in [3.63, 3.8) is 0 Å². The molecule has 0 spiro atoms. The minimum atomic E-state index is -0.0366. The zero-order valence-corrected chi connectivity index (χ0v) is 16.6. The number of likely N-dealkylation sites (tertiary alicyclic amines) is 1. The van der Waals surface area contributed by atoms with Crippen molar-refractivity contribution in [3.05, 3.63) is 29.8 Å². The Balaban J connectivity index is 1.64. The van der Waals surface area contributed by atoms with E-state index in [0.29, 0.717) is 31.6 Å². The molecule has 2 aliphatic rings. The first-order valence-electron chi connectivity index (χ1n) is 10.2. The summed E-state index contributed by atoms with van der Waals surface area (Å²) in [5.74, 6) is 0.348. The molecule has 2 N–H and O–H groups in total. The first kappa shape index (κ1) is 20.8. The second kappa shape index (κ2) is 9.49. The Hall–Kier alpha value is -1.96. The number of carbonyl (C=O) groups is 2. The molecule has 7 heteroatoms. The molecule has 2 saturated heterocycles. The normalized spacial score (nSPS) is 22.5. The number of aliphatic hydroxyl groups is 2. The molecule has 2 amide bonds. The third-order valence-corrected chi connectivity index (χ3v) is 5.95.